The lowest BCUT2D eigenvalue weighted by Gasteiger charge is -2.34. The van der Waals surface area contributed by atoms with Crippen LogP contribution in [-0.2, 0) is 21.2 Å². The summed E-state index contributed by atoms with van der Waals surface area (Å²) < 4.78 is 28.4. The third-order valence-corrected chi connectivity index (χ3v) is 5.91. The van der Waals surface area contributed by atoms with Gasteiger partial charge in [-0.15, -0.1) is 0 Å². The minimum absolute atomic E-state index is 0.0339. The van der Waals surface area contributed by atoms with Crippen molar-refractivity contribution in [3.8, 4) is 5.75 Å². The minimum Gasteiger partial charge on any atom is -0.489 e. The highest BCUT2D eigenvalue weighted by Crippen LogP contribution is 2.16. The lowest BCUT2D eigenvalue weighted by Crippen LogP contribution is -2.49. The lowest BCUT2D eigenvalue weighted by molar-refractivity contribution is -0.127. The van der Waals surface area contributed by atoms with Gasteiger partial charge in [0.1, 0.15) is 22.2 Å². The second kappa shape index (κ2) is 10.4. The first-order valence-electron chi connectivity index (χ1n) is 10.0. The Kier molecular flexibility index (Phi) is 7.65. The molecular formula is C23H28N2O4S. The van der Waals surface area contributed by atoms with Gasteiger partial charge in [-0.05, 0) is 29.3 Å². The molecule has 6 nitrogen and oxygen atoms in total. The highest BCUT2D eigenvalue weighted by atomic mass is 32.2. The first kappa shape index (κ1) is 22.1. The molecule has 2 aromatic rings. The van der Waals surface area contributed by atoms with Gasteiger partial charge in [-0.2, -0.15) is 0 Å². The van der Waals surface area contributed by atoms with Crippen LogP contribution in [0.3, 0.4) is 0 Å². The minimum atomic E-state index is -2.96. The van der Waals surface area contributed by atoms with Crippen molar-refractivity contribution in [2.75, 3.05) is 44.7 Å². The molecule has 0 spiro atoms. The average Bonchev–Trinajstić information content (AvgIpc) is 2.75. The topological polar surface area (TPSA) is 66.9 Å². The fourth-order valence-electron chi connectivity index (χ4n) is 3.21. The monoisotopic (exact) mass is 428 g/mol. The van der Waals surface area contributed by atoms with Crippen molar-refractivity contribution in [2.45, 2.75) is 6.61 Å². The molecule has 1 aliphatic heterocycles. The number of benzene rings is 2. The number of carbonyl (C=O) groups excluding carboxylic acids is 1. The number of piperazine rings is 1. The summed E-state index contributed by atoms with van der Waals surface area (Å²) in [4.78, 5) is 16.4. The molecule has 0 unspecified atom stereocenters. The van der Waals surface area contributed by atoms with E-state index in [1.165, 1.54) is 6.26 Å². The number of ether oxygens (including phenoxy) is 1. The van der Waals surface area contributed by atoms with Gasteiger partial charge in [-0.3, -0.25) is 9.69 Å². The molecule has 160 valence electrons. The SMILES string of the molecule is CS(=O)(=O)CCN1CCN(C(=O)/C=C/c2cccc(OCc3ccccc3)c2)CC1. The van der Waals surface area contributed by atoms with Crippen LogP contribution in [0.2, 0.25) is 0 Å². The smallest absolute Gasteiger partial charge is 0.246 e. The molecule has 0 radical (unpaired) electrons. The molecule has 1 saturated heterocycles. The van der Waals surface area contributed by atoms with Gasteiger partial charge in [-0.1, -0.05) is 42.5 Å². The summed E-state index contributed by atoms with van der Waals surface area (Å²) in [5.74, 6) is 0.880. The van der Waals surface area contributed by atoms with Crippen LogP contribution >= 0.6 is 0 Å². The Hall–Kier alpha value is -2.64. The second-order valence-electron chi connectivity index (χ2n) is 7.48. The maximum atomic E-state index is 12.5. The molecule has 3 rings (SSSR count). The maximum Gasteiger partial charge on any atom is 0.246 e. The molecule has 7 heteroatoms. The predicted molar refractivity (Wildman–Crippen MR) is 119 cm³/mol. The van der Waals surface area contributed by atoms with Crippen molar-refractivity contribution < 1.29 is 17.9 Å². The van der Waals surface area contributed by atoms with Crippen molar-refractivity contribution in [1.82, 2.24) is 9.80 Å². The van der Waals surface area contributed by atoms with Crippen LogP contribution in [0.25, 0.3) is 6.08 Å². The number of sulfone groups is 1. The van der Waals surface area contributed by atoms with Crippen LogP contribution < -0.4 is 4.74 Å². The highest BCUT2D eigenvalue weighted by molar-refractivity contribution is 7.90. The Bertz CT molecular complexity index is 966. The summed E-state index contributed by atoms with van der Waals surface area (Å²) in [5.41, 5.74) is 2.00. The van der Waals surface area contributed by atoms with Gasteiger partial charge >= 0.3 is 0 Å². The van der Waals surface area contributed by atoms with Gasteiger partial charge in [0.25, 0.3) is 0 Å². The highest BCUT2D eigenvalue weighted by Gasteiger charge is 2.20. The quantitative estimate of drug-likeness (QED) is 0.605. The summed E-state index contributed by atoms with van der Waals surface area (Å²) in [5, 5.41) is 0. The Morgan fingerprint density at radius 3 is 2.47 bits per heavy atom. The Balaban J connectivity index is 1.48. The molecule has 0 bridgehead atoms. The number of amides is 1. The van der Waals surface area contributed by atoms with Gasteiger partial charge in [0.15, 0.2) is 0 Å². The van der Waals surface area contributed by atoms with E-state index >= 15 is 0 Å². The van der Waals surface area contributed by atoms with Gasteiger partial charge in [-0.25, -0.2) is 8.42 Å². The third-order valence-electron chi connectivity index (χ3n) is 4.99. The second-order valence-corrected chi connectivity index (χ2v) is 9.74. The van der Waals surface area contributed by atoms with E-state index in [9.17, 15) is 13.2 Å². The fourth-order valence-corrected chi connectivity index (χ4v) is 3.80. The van der Waals surface area contributed by atoms with E-state index in [2.05, 4.69) is 4.90 Å². The number of rotatable bonds is 8. The van der Waals surface area contributed by atoms with Crippen LogP contribution in [0.15, 0.2) is 60.7 Å². The number of hydrogen-bond donors (Lipinski definition) is 0. The molecule has 0 N–H and O–H groups in total. The van der Waals surface area contributed by atoms with Crippen molar-refractivity contribution in [3.63, 3.8) is 0 Å². The Morgan fingerprint density at radius 2 is 1.77 bits per heavy atom. The van der Waals surface area contributed by atoms with Gasteiger partial charge < -0.3 is 9.64 Å². The lowest BCUT2D eigenvalue weighted by atomic mass is 10.2. The Labute approximate surface area is 178 Å². The third kappa shape index (κ3) is 7.31. The first-order chi connectivity index (χ1) is 14.4. The van der Waals surface area contributed by atoms with Crippen LogP contribution in [0.4, 0.5) is 0 Å². The number of carbonyl (C=O) groups is 1. The molecule has 0 saturated carbocycles. The van der Waals surface area contributed by atoms with Crippen LogP contribution in [-0.4, -0.2) is 68.9 Å². The largest absolute Gasteiger partial charge is 0.489 e. The molecular weight excluding hydrogens is 400 g/mol. The van der Waals surface area contributed by atoms with Crippen molar-refractivity contribution in [1.29, 1.82) is 0 Å². The Morgan fingerprint density at radius 1 is 1.03 bits per heavy atom. The molecule has 1 fully saturated rings. The summed E-state index contributed by atoms with van der Waals surface area (Å²) in [6, 6.07) is 17.6. The van der Waals surface area contributed by atoms with Gasteiger partial charge in [0, 0.05) is 45.1 Å². The maximum absolute atomic E-state index is 12.5. The molecule has 1 amide bonds. The van der Waals surface area contributed by atoms with E-state index in [0.717, 1.165) is 16.9 Å². The van der Waals surface area contributed by atoms with Gasteiger partial charge in [0.05, 0.1) is 5.75 Å². The predicted octanol–water partition coefficient (Wildman–Crippen LogP) is 2.47. The molecule has 0 atom stereocenters. The summed E-state index contributed by atoms with van der Waals surface area (Å²) >= 11 is 0. The normalized spacial score (nSPS) is 15.4. The summed E-state index contributed by atoms with van der Waals surface area (Å²) in [6.45, 7) is 3.61. The zero-order valence-electron chi connectivity index (χ0n) is 17.2. The summed E-state index contributed by atoms with van der Waals surface area (Å²) in [7, 11) is -2.96. The van der Waals surface area contributed by atoms with E-state index < -0.39 is 9.84 Å². The molecule has 1 heterocycles. The molecule has 30 heavy (non-hydrogen) atoms. The van der Waals surface area contributed by atoms with Crippen molar-refractivity contribution >= 4 is 21.8 Å². The van der Waals surface area contributed by atoms with Crippen molar-refractivity contribution in [3.05, 3.63) is 71.8 Å². The van der Waals surface area contributed by atoms with E-state index in [-0.39, 0.29) is 11.7 Å². The molecule has 0 aromatic heterocycles. The van der Waals surface area contributed by atoms with E-state index in [0.29, 0.717) is 39.3 Å². The fraction of sp³-hybridized carbons (Fsp3) is 0.348. The van der Waals surface area contributed by atoms with Crippen LogP contribution in [0.1, 0.15) is 11.1 Å². The number of hydrogen-bond acceptors (Lipinski definition) is 5. The molecule has 2 aromatic carbocycles. The van der Waals surface area contributed by atoms with E-state index in [1.807, 2.05) is 54.6 Å². The standard InChI is InChI=1S/C23H28N2O4S/c1-30(27,28)17-16-24-12-14-25(15-13-24)23(26)11-10-20-8-5-9-22(18-20)29-19-21-6-3-2-4-7-21/h2-11,18H,12-17,19H2,1H3/b11-10+. The molecule has 0 aliphatic carbocycles. The number of nitrogens with zero attached hydrogens (tertiary/aromatic N) is 2. The van der Waals surface area contributed by atoms with Crippen LogP contribution in [0, 0.1) is 0 Å². The first-order valence-corrected chi connectivity index (χ1v) is 12.1. The zero-order valence-corrected chi connectivity index (χ0v) is 18.1. The van der Waals surface area contributed by atoms with Crippen molar-refractivity contribution in [2.24, 2.45) is 0 Å². The van der Waals surface area contributed by atoms with Crippen LogP contribution in [0.5, 0.6) is 5.75 Å². The zero-order chi connectivity index (χ0) is 21.4. The summed E-state index contributed by atoms with van der Waals surface area (Å²) in [6.07, 6.45) is 4.63. The van der Waals surface area contributed by atoms with E-state index in [4.69, 9.17) is 4.74 Å². The average molecular weight is 429 g/mol. The van der Waals surface area contributed by atoms with Gasteiger partial charge in [0.2, 0.25) is 5.91 Å². The van der Waals surface area contributed by atoms with E-state index in [1.54, 1.807) is 17.1 Å². The molecule has 1 aliphatic rings.